The molecule has 0 bridgehead atoms. The van der Waals surface area contributed by atoms with E-state index >= 15 is 0 Å². The molecule has 0 fully saturated rings. The largest absolute Gasteiger partial charge is 0.271 e. The van der Waals surface area contributed by atoms with Gasteiger partial charge in [-0.3, -0.25) is 16.3 Å². The van der Waals surface area contributed by atoms with Crippen molar-refractivity contribution in [2.75, 3.05) is 0 Å². The van der Waals surface area contributed by atoms with Gasteiger partial charge in [-0.25, -0.2) is 4.39 Å². The summed E-state index contributed by atoms with van der Waals surface area (Å²) >= 11 is 6.66. The molecule has 1 heterocycles. The number of halogens is 3. The average Bonchev–Trinajstić information content (AvgIpc) is 2.41. The van der Waals surface area contributed by atoms with Gasteiger partial charge in [0.05, 0.1) is 11.7 Å². The molecule has 0 amide bonds. The van der Waals surface area contributed by atoms with E-state index in [0.717, 1.165) is 14.6 Å². The Morgan fingerprint density at radius 3 is 2.58 bits per heavy atom. The Morgan fingerprint density at radius 2 is 1.95 bits per heavy atom. The fraction of sp³-hybridized carbons (Fsp3) is 0.154. The molecule has 1 aromatic heterocycles. The van der Waals surface area contributed by atoms with Crippen molar-refractivity contribution in [3.63, 3.8) is 0 Å². The van der Waals surface area contributed by atoms with Crippen molar-refractivity contribution in [1.29, 1.82) is 0 Å². The van der Waals surface area contributed by atoms with Crippen molar-refractivity contribution in [3.8, 4) is 0 Å². The van der Waals surface area contributed by atoms with Crippen molar-refractivity contribution >= 4 is 31.9 Å². The molecular weight excluding hydrogens is 377 g/mol. The standard InChI is InChI=1S/C13H12Br2FN3/c14-9-1-3-11(16)8(5-9)6-13(19-17)12-4-2-10(15)7-18-12/h1-5,7,13,19H,6,17H2. The Kier molecular flexibility index (Phi) is 5.04. The fourth-order valence-corrected chi connectivity index (χ4v) is 2.40. The molecule has 100 valence electrons. The second kappa shape index (κ2) is 6.56. The van der Waals surface area contributed by atoms with Crippen LogP contribution in [0.5, 0.6) is 0 Å². The van der Waals surface area contributed by atoms with Gasteiger partial charge in [0.2, 0.25) is 0 Å². The maximum atomic E-state index is 13.7. The lowest BCUT2D eigenvalue weighted by atomic mass is 10.0. The molecule has 0 aliphatic heterocycles. The van der Waals surface area contributed by atoms with E-state index in [0.29, 0.717) is 12.0 Å². The predicted octanol–water partition coefficient (Wildman–Crippen LogP) is 3.49. The SMILES string of the molecule is NNC(Cc1cc(Br)ccc1F)c1ccc(Br)cn1. The van der Waals surface area contributed by atoms with Gasteiger partial charge < -0.3 is 0 Å². The summed E-state index contributed by atoms with van der Waals surface area (Å²) in [6.07, 6.45) is 2.12. The van der Waals surface area contributed by atoms with Gasteiger partial charge in [-0.1, -0.05) is 15.9 Å². The lowest BCUT2D eigenvalue weighted by Crippen LogP contribution is -2.30. The number of hydrogen-bond donors (Lipinski definition) is 2. The van der Waals surface area contributed by atoms with Crippen molar-refractivity contribution in [3.05, 3.63) is 62.5 Å². The topological polar surface area (TPSA) is 50.9 Å². The van der Waals surface area contributed by atoms with Gasteiger partial charge in [-0.15, -0.1) is 0 Å². The van der Waals surface area contributed by atoms with Crippen LogP contribution in [0.25, 0.3) is 0 Å². The van der Waals surface area contributed by atoms with E-state index in [-0.39, 0.29) is 11.9 Å². The second-order valence-corrected chi connectivity index (χ2v) is 5.89. The molecule has 0 radical (unpaired) electrons. The van der Waals surface area contributed by atoms with Crippen LogP contribution in [0.2, 0.25) is 0 Å². The van der Waals surface area contributed by atoms with Gasteiger partial charge in [0.25, 0.3) is 0 Å². The third kappa shape index (κ3) is 3.82. The van der Waals surface area contributed by atoms with Crippen molar-refractivity contribution in [2.45, 2.75) is 12.5 Å². The molecule has 3 N–H and O–H groups in total. The number of nitrogens with two attached hydrogens (primary N) is 1. The molecule has 2 aromatic rings. The number of hydrazine groups is 1. The van der Waals surface area contributed by atoms with Crippen LogP contribution in [0.4, 0.5) is 4.39 Å². The van der Waals surface area contributed by atoms with E-state index < -0.39 is 0 Å². The van der Waals surface area contributed by atoms with Crippen LogP contribution < -0.4 is 11.3 Å². The zero-order valence-corrected chi connectivity index (χ0v) is 13.1. The van der Waals surface area contributed by atoms with Gasteiger partial charge in [0, 0.05) is 15.1 Å². The molecule has 1 aromatic carbocycles. The molecule has 1 unspecified atom stereocenters. The lowest BCUT2D eigenvalue weighted by molar-refractivity contribution is 0.518. The van der Waals surface area contributed by atoms with Gasteiger partial charge >= 0.3 is 0 Å². The third-order valence-corrected chi connectivity index (χ3v) is 3.70. The summed E-state index contributed by atoms with van der Waals surface area (Å²) in [5.74, 6) is 5.29. The van der Waals surface area contributed by atoms with E-state index in [9.17, 15) is 4.39 Å². The van der Waals surface area contributed by atoms with E-state index in [1.807, 2.05) is 12.1 Å². The summed E-state index contributed by atoms with van der Waals surface area (Å²) in [6.45, 7) is 0. The Hall–Kier alpha value is -0.820. The summed E-state index contributed by atoms with van der Waals surface area (Å²) in [5.41, 5.74) is 4.03. The summed E-state index contributed by atoms with van der Waals surface area (Å²) in [6, 6.07) is 8.34. The number of aromatic nitrogens is 1. The van der Waals surface area contributed by atoms with Gasteiger partial charge in [-0.05, 0) is 58.2 Å². The van der Waals surface area contributed by atoms with Crippen molar-refractivity contribution < 1.29 is 4.39 Å². The van der Waals surface area contributed by atoms with Crippen molar-refractivity contribution in [1.82, 2.24) is 10.4 Å². The highest BCUT2D eigenvalue weighted by molar-refractivity contribution is 9.10. The maximum Gasteiger partial charge on any atom is 0.126 e. The smallest absolute Gasteiger partial charge is 0.126 e. The quantitative estimate of drug-likeness (QED) is 0.622. The molecule has 19 heavy (non-hydrogen) atoms. The lowest BCUT2D eigenvalue weighted by Gasteiger charge is -2.16. The molecule has 0 saturated heterocycles. The zero-order chi connectivity index (χ0) is 13.8. The fourth-order valence-electron chi connectivity index (χ4n) is 1.76. The summed E-state index contributed by atoms with van der Waals surface area (Å²) in [7, 11) is 0. The summed E-state index contributed by atoms with van der Waals surface area (Å²) in [5, 5.41) is 0. The van der Waals surface area contributed by atoms with Crippen LogP contribution >= 0.6 is 31.9 Å². The van der Waals surface area contributed by atoms with Gasteiger partial charge in [0.1, 0.15) is 5.82 Å². The monoisotopic (exact) mass is 387 g/mol. The first kappa shape index (κ1) is 14.6. The Balaban J connectivity index is 2.23. The first-order chi connectivity index (χ1) is 9.10. The Bertz CT molecular complexity index is 560. The highest BCUT2D eigenvalue weighted by atomic mass is 79.9. The average molecular weight is 389 g/mol. The van der Waals surface area contributed by atoms with E-state index in [2.05, 4.69) is 42.3 Å². The second-order valence-electron chi connectivity index (χ2n) is 4.06. The first-order valence-corrected chi connectivity index (χ1v) is 7.20. The molecule has 0 saturated carbocycles. The molecule has 2 rings (SSSR count). The summed E-state index contributed by atoms with van der Waals surface area (Å²) < 4.78 is 15.5. The van der Waals surface area contributed by atoms with Gasteiger partial charge in [-0.2, -0.15) is 0 Å². The Morgan fingerprint density at radius 1 is 1.21 bits per heavy atom. The number of rotatable bonds is 4. The molecule has 0 spiro atoms. The van der Waals surface area contributed by atoms with Crippen LogP contribution in [0.15, 0.2) is 45.5 Å². The van der Waals surface area contributed by atoms with Crippen molar-refractivity contribution in [2.24, 2.45) is 5.84 Å². The van der Waals surface area contributed by atoms with Gasteiger partial charge in [0.15, 0.2) is 0 Å². The van der Waals surface area contributed by atoms with E-state index in [1.165, 1.54) is 6.07 Å². The van der Waals surface area contributed by atoms with Crippen LogP contribution in [0, 0.1) is 5.82 Å². The number of nitrogens with one attached hydrogen (secondary N) is 1. The molecule has 0 aliphatic carbocycles. The third-order valence-electron chi connectivity index (χ3n) is 2.74. The van der Waals surface area contributed by atoms with Crippen LogP contribution in [0.3, 0.4) is 0 Å². The summed E-state index contributed by atoms with van der Waals surface area (Å²) in [4.78, 5) is 4.27. The highest BCUT2D eigenvalue weighted by Crippen LogP contribution is 2.22. The minimum Gasteiger partial charge on any atom is -0.271 e. The maximum absolute atomic E-state index is 13.7. The molecule has 3 nitrogen and oxygen atoms in total. The molecule has 6 heteroatoms. The normalized spacial score (nSPS) is 12.4. The van der Waals surface area contributed by atoms with Crippen LogP contribution in [-0.4, -0.2) is 4.98 Å². The number of pyridine rings is 1. The zero-order valence-electron chi connectivity index (χ0n) is 9.91. The number of hydrogen-bond acceptors (Lipinski definition) is 3. The van der Waals surface area contributed by atoms with E-state index in [1.54, 1.807) is 18.3 Å². The highest BCUT2D eigenvalue weighted by Gasteiger charge is 2.14. The van der Waals surface area contributed by atoms with Crippen LogP contribution in [-0.2, 0) is 6.42 Å². The number of benzene rings is 1. The minimum atomic E-state index is -0.249. The number of nitrogens with zero attached hydrogens (tertiary/aromatic N) is 1. The first-order valence-electron chi connectivity index (χ1n) is 5.61. The molecular formula is C13H12Br2FN3. The van der Waals surface area contributed by atoms with E-state index in [4.69, 9.17) is 5.84 Å². The van der Waals surface area contributed by atoms with Crippen LogP contribution in [0.1, 0.15) is 17.3 Å². The molecule has 1 atom stereocenters. The Labute approximate surface area is 127 Å². The predicted molar refractivity (Wildman–Crippen MR) is 79.8 cm³/mol. The minimum absolute atomic E-state index is 0.239. The molecule has 0 aliphatic rings.